The van der Waals surface area contributed by atoms with Gasteiger partial charge in [-0.15, -0.1) is 0 Å². The fourth-order valence-corrected chi connectivity index (χ4v) is 3.87. The van der Waals surface area contributed by atoms with E-state index in [0.29, 0.717) is 13.1 Å². The van der Waals surface area contributed by atoms with E-state index in [9.17, 15) is 17.6 Å². The molecule has 0 N–H and O–H groups in total. The SMILES string of the molecule is CC(C(=O)N1CCN(C)CC1)N(c1cccc(F)c1)S(C)(=O)=O. The van der Waals surface area contributed by atoms with Crippen molar-refractivity contribution in [1.29, 1.82) is 0 Å². The number of anilines is 1. The third kappa shape index (κ3) is 4.20. The van der Waals surface area contributed by atoms with Gasteiger partial charge in [0.2, 0.25) is 15.9 Å². The van der Waals surface area contributed by atoms with Crippen LogP contribution in [-0.2, 0) is 14.8 Å². The summed E-state index contributed by atoms with van der Waals surface area (Å²) in [6.45, 7) is 4.14. The zero-order valence-electron chi connectivity index (χ0n) is 13.6. The van der Waals surface area contributed by atoms with Crippen molar-refractivity contribution in [3.8, 4) is 0 Å². The molecule has 1 amide bonds. The summed E-state index contributed by atoms with van der Waals surface area (Å²) in [5.74, 6) is -0.816. The lowest BCUT2D eigenvalue weighted by atomic mass is 10.2. The van der Waals surface area contributed by atoms with E-state index in [1.165, 1.54) is 25.1 Å². The molecular weight excluding hydrogens is 321 g/mol. The van der Waals surface area contributed by atoms with E-state index in [1.807, 2.05) is 7.05 Å². The van der Waals surface area contributed by atoms with Crippen molar-refractivity contribution in [2.75, 3.05) is 43.8 Å². The average Bonchev–Trinajstić information content (AvgIpc) is 2.46. The van der Waals surface area contributed by atoms with E-state index in [1.54, 1.807) is 4.90 Å². The molecule has 2 rings (SSSR count). The molecule has 1 aromatic carbocycles. The van der Waals surface area contributed by atoms with Gasteiger partial charge in [-0.25, -0.2) is 12.8 Å². The highest BCUT2D eigenvalue weighted by atomic mass is 32.2. The molecule has 0 spiro atoms. The van der Waals surface area contributed by atoms with Gasteiger partial charge in [0.15, 0.2) is 0 Å². The second kappa shape index (κ2) is 6.84. The van der Waals surface area contributed by atoms with Crippen LogP contribution in [0.25, 0.3) is 0 Å². The first-order chi connectivity index (χ1) is 10.7. The first kappa shape index (κ1) is 17.7. The van der Waals surface area contributed by atoms with Crippen LogP contribution in [0.2, 0.25) is 0 Å². The molecule has 0 aromatic heterocycles. The Morgan fingerprint density at radius 1 is 1.26 bits per heavy atom. The molecule has 0 aliphatic carbocycles. The topological polar surface area (TPSA) is 60.9 Å². The molecule has 1 atom stereocenters. The molecule has 1 unspecified atom stereocenters. The second-order valence-electron chi connectivity index (χ2n) is 5.84. The van der Waals surface area contributed by atoms with Gasteiger partial charge in [0, 0.05) is 26.2 Å². The van der Waals surface area contributed by atoms with Crippen molar-refractivity contribution >= 4 is 21.6 Å². The van der Waals surface area contributed by atoms with Crippen LogP contribution < -0.4 is 4.31 Å². The summed E-state index contributed by atoms with van der Waals surface area (Å²) in [7, 11) is -1.75. The zero-order valence-corrected chi connectivity index (χ0v) is 14.4. The third-order valence-corrected chi connectivity index (χ3v) is 5.19. The Bertz CT molecular complexity index is 672. The Labute approximate surface area is 136 Å². The monoisotopic (exact) mass is 343 g/mol. The third-order valence-electron chi connectivity index (χ3n) is 3.94. The van der Waals surface area contributed by atoms with Gasteiger partial charge in [-0.3, -0.25) is 9.10 Å². The summed E-state index contributed by atoms with van der Waals surface area (Å²) in [5.41, 5.74) is 0.155. The highest BCUT2D eigenvalue weighted by Crippen LogP contribution is 2.22. The maximum atomic E-state index is 13.5. The van der Waals surface area contributed by atoms with Crippen LogP contribution in [0.1, 0.15) is 6.92 Å². The molecule has 0 bridgehead atoms. The summed E-state index contributed by atoms with van der Waals surface area (Å²) in [6.07, 6.45) is 1.02. The van der Waals surface area contributed by atoms with Gasteiger partial charge in [-0.1, -0.05) is 6.07 Å². The van der Waals surface area contributed by atoms with Crippen molar-refractivity contribution in [2.24, 2.45) is 0 Å². The first-order valence-electron chi connectivity index (χ1n) is 7.42. The minimum absolute atomic E-state index is 0.155. The number of sulfonamides is 1. The van der Waals surface area contributed by atoms with Gasteiger partial charge < -0.3 is 9.80 Å². The number of halogens is 1. The van der Waals surface area contributed by atoms with Crippen LogP contribution in [0, 0.1) is 5.82 Å². The lowest BCUT2D eigenvalue weighted by Gasteiger charge is -2.36. The van der Waals surface area contributed by atoms with Crippen LogP contribution in [0.4, 0.5) is 10.1 Å². The summed E-state index contributed by atoms with van der Waals surface area (Å²) in [4.78, 5) is 16.4. The Hall–Kier alpha value is -1.67. The number of amides is 1. The smallest absolute Gasteiger partial charge is 0.246 e. The summed E-state index contributed by atoms with van der Waals surface area (Å²) in [6, 6.07) is 4.34. The average molecular weight is 343 g/mol. The molecule has 6 nitrogen and oxygen atoms in total. The van der Waals surface area contributed by atoms with Crippen molar-refractivity contribution in [1.82, 2.24) is 9.80 Å². The molecule has 1 aliphatic rings. The van der Waals surface area contributed by atoms with Crippen LogP contribution in [0.15, 0.2) is 24.3 Å². The number of carbonyl (C=O) groups is 1. The lowest BCUT2D eigenvalue weighted by molar-refractivity contribution is -0.133. The van der Waals surface area contributed by atoms with Gasteiger partial charge in [0.1, 0.15) is 11.9 Å². The molecule has 1 fully saturated rings. The number of piperazine rings is 1. The molecule has 0 saturated carbocycles. The minimum atomic E-state index is -3.72. The molecule has 128 valence electrons. The molecular formula is C15H22FN3O3S. The highest BCUT2D eigenvalue weighted by molar-refractivity contribution is 7.92. The van der Waals surface area contributed by atoms with E-state index in [0.717, 1.165) is 29.7 Å². The largest absolute Gasteiger partial charge is 0.338 e. The quantitative estimate of drug-likeness (QED) is 0.810. The van der Waals surface area contributed by atoms with Crippen LogP contribution >= 0.6 is 0 Å². The number of rotatable bonds is 4. The zero-order chi connectivity index (χ0) is 17.2. The molecule has 1 aliphatic heterocycles. The van der Waals surface area contributed by atoms with Crippen molar-refractivity contribution in [2.45, 2.75) is 13.0 Å². The molecule has 23 heavy (non-hydrogen) atoms. The van der Waals surface area contributed by atoms with E-state index in [-0.39, 0.29) is 11.6 Å². The van der Waals surface area contributed by atoms with E-state index in [4.69, 9.17) is 0 Å². The first-order valence-corrected chi connectivity index (χ1v) is 9.27. The van der Waals surface area contributed by atoms with Gasteiger partial charge >= 0.3 is 0 Å². The van der Waals surface area contributed by atoms with Gasteiger partial charge in [0.25, 0.3) is 0 Å². The molecule has 0 radical (unpaired) electrons. The molecule has 8 heteroatoms. The second-order valence-corrected chi connectivity index (χ2v) is 7.70. The number of likely N-dealkylation sites (N-methyl/N-ethyl adjacent to an activating group) is 1. The standard InChI is InChI=1S/C15H22FN3O3S/c1-12(15(20)18-9-7-17(2)8-10-18)19(23(3,21)22)14-6-4-5-13(16)11-14/h4-6,11-12H,7-10H2,1-3H3. The number of nitrogens with zero attached hydrogens (tertiary/aromatic N) is 3. The fraction of sp³-hybridized carbons (Fsp3) is 0.533. The maximum absolute atomic E-state index is 13.5. The Kier molecular flexibility index (Phi) is 5.26. The van der Waals surface area contributed by atoms with Crippen LogP contribution in [0.3, 0.4) is 0 Å². The Morgan fingerprint density at radius 2 is 1.87 bits per heavy atom. The summed E-state index contributed by atoms with van der Waals surface area (Å²) in [5, 5.41) is 0. The van der Waals surface area contributed by atoms with E-state index >= 15 is 0 Å². The van der Waals surface area contributed by atoms with Gasteiger partial charge in [-0.05, 0) is 32.2 Å². The summed E-state index contributed by atoms with van der Waals surface area (Å²) >= 11 is 0. The van der Waals surface area contributed by atoms with Gasteiger partial charge in [-0.2, -0.15) is 0 Å². The number of hydrogen-bond acceptors (Lipinski definition) is 4. The normalized spacial score (nSPS) is 17.8. The number of benzene rings is 1. The predicted octanol–water partition coefficient (Wildman–Crippen LogP) is 0.754. The number of carbonyl (C=O) groups excluding carboxylic acids is 1. The molecule has 1 heterocycles. The van der Waals surface area contributed by atoms with Crippen molar-refractivity contribution in [3.05, 3.63) is 30.1 Å². The van der Waals surface area contributed by atoms with Crippen LogP contribution in [-0.4, -0.2) is 69.6 Å². The highest BCUT2D eigenvalue weighted by Gasteiger charge is 2.33. The van der Waals surface area contributed by atoms with Crippen molar-refractivity contribution in [3.63, 3.8) is 0 Å². The fourth-order valence-electron chi connectivity index (χ4n) is 2.71. The van der Waals surface area contributed by atoms with E-state index < -0.39 is 21.9 Å². The van der Waals surface area contributed by atoms with Crippen LogP contribution in [0.5, 0.6) is 0 Å². The molecule has 1 saturated heterocycles. The molecule has 1 aromatic rings. The van der Waals surface area contributed by atoms with Gasteiger partial charge in [0.05, 0.1) is 11.9 Å². The lowest BCUT2D eigenvalue weighted by Crippen LogP contribution is -2.54. The Morgan fingerprint density at radius 3 is 2.39 bits per heavy atom. The van der Waals surface area contributed by atoms with E-state index in [2.05, 4.69) is 4.90 Å². The summed E-state index contributed by atoms with van der Waals surface area (Å²) < 4.78 is 38.7. The predicted molar refractivity (Wildman–Crippen MR) is 87.3 cm³/mol. The maximum Gasteiger partial charge on any atom is 0.246 e. The van der Waals surface area contributed by atoms with Crippen molar-refractivity contribution < 1.29 is 17.6 Å². The Balaban J connectivity index is 2.27. The minimum Gasteiger partial charge on any atom is -0.338 e. The number of hydrogen-bond donors (Lipinski definition) is 0.